The SMILES string of the molecule is CCCN(CC1CC1)c1ncc(Cl)cc1CN(Cc1cc(C(F)(F)F)cc(C(F)(F)F)c1)c1ncc(N2CCC(C(=O)O)CC2)cn1. The molecule has 1 aromatic carbocycles. The van der Waals surface area contributed by atoms with E-state index >= 15 is 0 Å². The molecule has 15 heteroatoms. The van der Waals surface area contributed by atoms with Crippen LogP contribution in [0.2, 0.25) is 5.02 Å². The first kappa shape index (κ1) is 34.5. The van der Waals surface area contributed by atoms with Gasteiger partial charge in [-0.15, -0.1) is 0 Å². The second-order valence-corrected chi connectivity index (χ2v) is 12.6. The maximum atomic E-state index is 13.7. The molecule has 0 spiro atoms. The van der Waals surface area contributed by atoms with Crippen LogP contribution in [0.3, 0.4) is 0 Å². The number of carboxylic acids is 1. The third kappa shape index (κ3) is 8.96. The van der Waals surface area contributed by atoms with Gasteiger partial charge >= 0.3 is 18.3 Å². The first-order valence-electron chi connectivity index (χ1n) is 15.4. The maximum absolute atomic E-state index is 13.7. The van der Waals surface area contributed by atoms with E-state index in [-0.39, 0.29) is 30.7 Å². The first-order valence-corrected chi connectivity index (χ1v) is 15.8. The maximum Gasteiger partial charge on any atom is 0.416 e. The lowest BCUT2D eigenvalue weighted by Crippen LogP contribution is -2.36. The molecule has 0 unspecified atom stereocenters. The number of piperidine rings is 1. The van der Waals surface area contributed by atoms with E-state index in [4.69, 9.17) is 11.6 Å². The summed E-state index contributed by atoms with van der Waals surface area (Å²) in [5, 5.41) is 9.64. The molecule has 1 saturated heterocycles. The normalized spacial score (nSPS) is 16.0. The number of pyridine rings is 1. The molecule has 0 bridgehead atoms. The number of aliphatic carboxylic acids is 1. The zero-order valence-electron chi connectivity index (χ0n) is 25.7. The molecule has 2 fully saturated rings. The van der Waals surface area contributed by atoms with Crippen LogP contribution in [0, 0.1) is 11.8 Å². The van der Waals surface area contributed by atoms with E-state index in [1.54, 1.807) is 6.07 Å². The number of anilines is 3. The highest BCUT2D eigenvalue weighted by Gasteiger charge is 2.37. The van der Waals surface area contributed by atoms with Crippen molar-refractivity contribution in [3.05, 3.63) is 70.1 Å². The van der Waals surface area contributed by atoms with Gasteiger partial charge in [0.2, 0.25) is 5.95 Å². The number of alkyl halides is 6. The minimum Gasteiger partial charge on any atom is -0.481 e. The van der Waals surface area contributed by atoms with E-state index in [2.05, 4.69) is 19.9 Å². The molecule has 2 aromatic heterocycles. The molecule has 5 rings (SSSR count). The highest BCUT2D eigenvalue weighted by molar-refractivity contribution is 6.30. The minimum absolute atomic E-state index is 0.00523. The van der Waals surface area contributed by atoms with Gasteiger partial charge in [-0.25, -0.2) is 15.0 Å². The van der Waals surface area contributed by atoms with Gasteiger partial charge in [0, 0.05) is 51.0 Å². The van der Waals surface area contributed by atoms with Gasteiger partial charge in [-0.1, -0.05) is 18.5 Å². The van der Waals surface area contributed by atoms with Crippen molar-refractivity contribution in [1.82, 2.24) is 15.0 Å². The fourth-order valence-electron chi connectivity index (χ4n) is 5.80. The van der Waals surface area contributed by atoms with E-state index in [1.807, 2.05) is 11.8 Å². The molecule has 3 heterocycles. The molecule has 3 aromatic rings. The molecule has 0 atom stereocenters. The van der Waals surface area contributed by atoms with Crippen molar-refractivity contribution >= 4 is 35.0 Å². The number of nitrogens with zero attached hydrogens (tertiary/aromatic N) is 6. The molecule has 2 aliphatic rings. The summed E-state index contributed by atoms with van der Waals surface area (Å²) in [6.45, 7) is 4.06. The lowest BCUT2D eigenvalue weighted by Gasteiger charge is -2.32. The number of halogens is 7. The zero-order chi connectivity index (χ0) is 33.9. The lowest BCUT2D eigenvalue weighted by molar-refractivity contribution is -0.144. The third-order valence-electron chi connectivity index (χ3n) is 8.38. The third-order valence-corrected chi connectivity index (χ3v) is 8.58. The Kier molecular flexibility index (Phi) is 10.4. The van der Waals surface area contributed by atoms with Crippen LogP contribution in [0.4, 0.5) is 43.8 Å². The lowest BCUT2D eigenvalue weighted by atomic mass is 9.97. The van der Waals surface area contributed by atoms with Crippen LogP contribution in [-0.4, -0.2) is 52.2 Å². The Morgan fingerprint density at radius 1 is 0.894 bits per heavy atom. The molecule has 0 radical (unpaired) electrons. The standard InChI is InChI=1S/C32H35ClF6N6O2/c1-2-7-44(17-20-3-4-20)28-23(12-26(33)14-40-28)19-45(18-21-10-24(31(34,35)36)13-25(11-21)32(37,38)39)30-41-15-27(16-42-30)43-8-5-22(6-9-43)29(46)47/h10-16,20,22H,2-9,17-19H2,1H3,(H,46,47). The van der Waals surface area contributed by atoms with E-state index in [0.29, 0.717) is 72.6 Å². The molecule has 1 aliphatic carbocycles. The average Bonchev–Trinajstić information content (AvgIpc) is 3.84. The molecule has 254 valence electrons. The molecular weight excluding hydrogens is 650 g/mol. The molecule has 1 saturated carbocycles. The van der Waals surface area contributed by atoms with Gasteiger partial charge < -0.3 is 19.8 Å². The second kappa shape index (κ2) is 14.1. The summed E-state index contributed by atoms with van der Waals surface area (Å²) in [6.07, 6.45) is -1.52. The van der Waals surface area contributed by atoms with Crippen LogP contribution in [0.5, 0.6) is 0 Å². The van der Waals surface area contributed by atoms with Gasteiger partial charge in [0.25, 0.3) is 0 Å². The van der Waals surface area contributed by atoms with Gasteiger partial charge in [0.1, 0.15) is 5.82 Å². The zero-order valence-corrected chi connectivity index (χ0v) is 26.4. The molecule has 47 heavy (non-hydrogen) atoms. The van der Waals surface area contributed by atoms with Gasteiger partial charge in [-0.2, -0.15) is 26.3 Å². The number of carboxylic acid groups (broad SMARTS) is 1. The topological polar surface area (TPSA) is 85.7 Å². The smallest absolute Gasteiger partial charge is 0.416 e. The van der Waals surface area contributed by atoms with Crippen molar-refractivity contribution in [3.63, 3.8) is 0 Å². The van der Waals surface area contributed by atoms with Gasteiger partial charge in [-0.05, 0) is 67.9 Å². The Hall–Kier alpha value is -3.81. The van der Waals surface area contributed by atoms with Gasteiger partial charge in [0.15, 0.2) is 0 Å². The van der Waals surface area contributed by atoms with Gasteiger partial charge in [-0.3, -0.25) is 4.79 Å². The summed E-state index contributed by atoms with van der Waals surface area (Å²) in [5.74, 6) is -0.0601. The van der Waals surface area contributed by atoms with Crippen molar-refractivity contribution in [2.45, 2.75) is 64.5 Å². The van der Waals surface area contributed by atoms with Crippen LogP contribution < -0.4 is 14.7 Å². The predicted octanol–water partition coefficient (Wildman–Crippen LogP) is 7.70. The van der Waals surface area contributed by atoms with Crippen molar-refractivity contribution in [1.29, 1.82) is 0 Å². The molecule has 1 aliphatic heterocycles. The van der Waals surface area contributed by atoms with Gasteiger partial charge in [0.05, 0.1) is 40.1 Å². The largest absolute Gasteiger partial charge is 0.481 e. The quantitative estimate of drug-likeness (QED) is 0.194. The van der Waals surface area contributed by atoms with Crippen molar-refractivity contribution in [3.8, 4) is 0 Å². The first-order chi connectivity index (χ1) is 22.2. The second-order valence-electron chi connectivity index (χ2n) is 12.1. The summed E-state index contributed by atoms with van der Waals surface area (Å²) < 4.78 is 82.4. The van der Waals surface area contributed by atoms with Crippen LogP contribution in [0.25, 0.3) is 0 Å². The summed E-state index contributed by atoms with van der Waals surface area (Å²) in [4.78, 5) is 30.5. The summed E-state index contributed by atoms with van der Waals surface area (Å²) in [7, 11) is 0. The summed E-state index contributed by atoms with van der Waals surface area (Å²) in [6, 6.07) is 3.21. The Bertz CT molecular complexity index is 1510. The van der Waals surface area contributed by atoms with Crippen LogP contribution >= 0.6 is 11.6 Å². The number of aromatic nitrogens is 3. The highest BCUT2D eigenvalue weighted by Crippen LogP contribution is 2.38. The number of rotatable bonds is 12. The number of hydrogen-bond donors (Lipinski definition) is 1. The van der Waals surface area contributed by atoms with Crippen LogP contribution in [0.1, 0.15) is 61.3 Å². The minimum atomic E-state index is -5.00. The van der Waals surface area contributed by atoms with Crippen LogP contribution in [0.15, 0.2) is 42.9 Å². The van der Waals surface area contributed by atoms with Crippen LogP contribution in [-0.2, 0) is 30.2 Å². The van der Waals surface area contributed by atoms with E-state index in [0.717, 1.165) is 25.8 Å². The van der Waals surface area contributed by atoms with E-state index < -0.39 is 35.4 Å². The fourth-order valence-corrected chi connectivity index (χ4v) is 5.98. The number of carbonyl (C=O) groups is 1. The summed E-state index contributed by atoms with van der Waals surface area (Å²) >= 11 is 6.36. The summed E-state index contributed by atoms with van der Waals surface area (Å²) in [5.41, 5.74) is -1.80. The Morgan fingerprint density at radius 3 is 2.04 bits per heavy atom. The molecule has 0 amide bonds. The van der Waals surface area contributed by atoms with E-state index in [1.165, 1.54) is 23.5 Å². The Morgan fingerprint density at radius 2 is 1.51 bits per heavy atom. The Labute approximate surface area is 273 Å². The van der Waals surface area contributed by atoms with Crippen molar-refractivity contribution in [2.24, 2.45) is 11.8 Å². The van der Waals surface area contributed by atoms with E-state index in [9.17, 15) is 36.2 Å². The van der Waals surface area contributed by atoms with Crippen molar-refractivity contribution in [2.75, 3.05) is 40.9 Å². The molecule has 8 nitrogen and oxygen atoms in total. The predicted molar refractivity (Wildman–Crippen MR) is 165 cm³/mol. The highest BCUT2D eigenvalue weighted by atomic mass is 35.5. The molecular formula is C32H35ClF6N6O2. The average molecular weight is 685 g/mol. The number of benzene rings is 1. The van der Waals surface area contributed by atoms with Crippen molar-refractivity contribution < 1.29 is 36.2 Å². The Balaban J connectivity index is 1.51. The fraction of sp³-hybridized carbons (Fsp3) is 0.500. The number of hydrogen-bond acceptors (Lipinski definition) is 7. The molecule has 1 N–H and O–H groups in total. The monoisotopic (exact) mass is 684 g/mol.